The number of anilines is 1. The maximum Gasteiger partial charge on any atom is 0.161 e. The highest BCUT2D eigenvalue weighted by atomic mass is 19.1. The van der Waals surface area contributed by atoms with Gasteiger partial charge >= 0.3 is 0 Å². The van der Waals surface area contributed by atoms with E-state index in [9.17, 15) is 4.39 Å². The summed E-state index contributed by atoms with van der Waals surface area (Å²) in [5.74, 6) is 0.864. The Hall–Kier alpha value is -2.57. The molecule has 4 rings (SSSR count). The summed E-state index contributed by atoms with van der Waals surface area (Å²) >= 11 is 0. The van der Waals surface area contributed by atoms with Crippen molar-refractivity contribution in [2.24, 2.45) is 0 Å². The van der Waals surface area contributed by atoms with Crippen LogP contribution in [0.2, 0.25) is 0 Å². The van der Waals surface area contributed by atoms with E-state index in [4.69, 9.17) is 10.5 Å². The molecule has 0 bridgehead atoms. The fourth-order valence-corrected chi connectivity index (χ4v) is 3.11. The van der Waals surface area contributed by atoms with Crippen LogP contribution in [-0.2, 0) is 11.3 Å². The van der Waals surface area contributed by atoms with Gasteiger partial charge in [0.05, 0.1) is 12.1 Å². The number of nitrogen functional groups attached to an aromatic ring is 1. The Kier molecular flexibility index (Phi) is 4.29. The molecule has 6 heteroatoms. The molecular formula is C19H19FN4O. The largest absolute Gasteiger partial charge is 0.383 e. The second kappa shape index (κ2) is 6.74. The van der Waals surface area contributed by atoms with Crippen molar-refractivity contribution in [3.05, 3.63) is 65.7 Å². The first-order chi connectivity index (χ1) is 12.2. The molecule has 0 saturated carbocycles. The van der Waals surface area contributed by atoms with Crippen LogP contribution in [0.25, 0.3) is 10.9 Å². The molecular weight excluding hydrogens is 319 g/mol. The first-order valence-corrected chi connectivity index (χ1v) is 8.29. The van der Waals surface area contributed by atoms with Crippen LogP contribution in [0.5, 0.6) is 0 Å². The summed E-state index contributed by atoms with van der Waals surface area (Å²) in [6.45, 7) is 2.83. The van der Waals surface area contributed by atoms with Crippen LogP contribution in [-0.4, -0.2) is 34.6 Å². The van der Waals surface area contributed by atoms with Gasteiger partial charge in [-0.15, -0.1) is 0 Å². The molecule has 25 heavy (non-hydrogen) atoms. The van der Waals surface area contributed by atoms with Crippen LogP contribution in [0.3, 0.4) is 0 Å². The van der Waals surface area contributed by atoms with Gasteiger partial charge in [-0.1, -0.05) is 24.3 Å². The Balaban J connectivity index is 1.53. The summed E-state index contributed by atoms with van der Waals surface area (Å²) in [5, 5.41) is 0.852. The minimum Gasteiger partial charge on any atom is -0.383 e. The van der Waals surface area contributed by atoms with Crippen LogP contribution in [0.1, 0.15) is 17.5 Å². The van der Waals surface area contributed by atoms with Gasteiger partial charge < -0.3 is 10.5 Å². The molecule has 0 radical (unpaired) electrons. The van der Waals surface area contributed by atoms with E-state index in [1.54, 1.807) is 0 Å². The second-order valence-electron chi connectivity index (χ2n) is 6.21. The van der Waals surface area contributed by atoms with Gasteiger partial charge in [0.1, 0.15) is 17.7 Å². The summed E-state index contributed by atoms with van der Waals surface area (Å²) in [6, 6.07) is 14.3. The van der Waals surface area contributed by atoms with Crippen molar-refractivity contribution in [1.29, 1.82) is 0 Å². The van der Waals surface area contributed by atoms with Gasteiger partial charge in [-0.25, -0.2) is 14.4 Å². The van der Waals surface area contributed by atoms with Crippen LogP contribution in [0, 0.1) is 5.82 Å². The Morgan fingerprint density at radius 1 is 1.12 bits per heavy atom. The molecule has 2 aromatic carbocycles. The lowest BCUT2D eigenvalue weighted by atomic mass is 10.1. The van der Waals surface area contributed by atoms with Crippen molar-refractivity contribution >= 4 is 16.7 Å². The monoisotopic (exact) mass is 338 g/mol. The highest BCUT2D eigenvalue weighted by Crippen LogP contribution is 2.25. The summed E-state index contributed by atoms with van der Waals surface area (Å²) in [6.07, 6.45) is -0.221. The van der Waals surface area contributed by atoms with Crippen molar-refractivity contribution in [3.8, 4) is 0 Å². The Morgan fingerprint density at radius 3 is 2.76 bits per heavy atom. The van der Waals surface area contributed by atoms with Crippen molar-refractivity contribution in [2.75, 3.05) is 25.4 Å². The molecule has 0 amide bonds. The van der Waals surface area contributed by atoms with Gasteiger partial charge in [0.15, 0.2) is 5.82 Å². The molecule has 3 aromatic rings. The number of rotatable bonds is 3. The smallest absolute Gasteiger partial charge is 0.161 e. The third-order valence-corrected chi connectivity index (χ3v) is 4.41. The van der Waals surface area contributed by atoms with Gasteiger partial charge in [0.25, 0.3) is 0 Å². The fraction of sp³-hybridized carbons (Fsp3) is 0.263. The Morgan fingerprint density at radius 2 is 1.92 bits per heavy atom. The number of fused-ring (bicyclic) bond motifs is 1. The van der Waals surface area contributed by atoms with E-state index in [-0.39, 0.29) is 11.9 Å². The van der Waals surface area contributed by atoms with Gasteiger partial charge in [-0.2, -0.15) is 0 Å². The summed E-state index contributed by atoms with van der Waals surface area (Å²) in [4.78, 5) is 11.3. The number of ether oxygens (including phenoxy) is 1. The third kappa shape index (κ3) is 3.45. The first-order valence-electron chi connectivity index (χ1n) is 8.29. The Bertz CT molecular complexity index is 884. The lowest BCUT2D eigenvalue weighted by Crippen LogP contribution is -2.38. The minimum atomic E-state index is -0.221. The predicted molar refractivity (Wildman–Crippen MR) is 94.3 cm³/mol. The standard InChI is InChI=1S/C19H19FN4O/c20-14-7-5-13(6-8-14)11-24-9-10-25-17(12-24)19-22-16-4-2-1-3-15(16)18(21)23-19/h1-8,17H,9-12H2,(H2,21,22,23). The lowest BCUT2D eigenvalue weighted by molar-refractivity contribution is -0.0370. The van der Waals surface area contributed by atoms with Crippen molar-refractivity contribution < 1.29 is 9.13 Å². The SMILES string of the molecule is Nc1nc(C2CN(Cc3ccc(F)cc3)CCO2)nc2ccccc12. The minimum absolute atomic E-state index is 0.219. The van der Waals surface area contributed by atoms with E-state index in [0.29, 0.717) is 24.8 Å². The number of aromatic nitrogens is 2. The van der Waals surface area contributed by atoms with E-state index in [2.05, 4.69) is 14.9 Å². The number of halogens is 1. The quantitative estimate of drug-likeness (QED) is 0.795. The molecule has 0 spiro atoms. The van der Waals surface area contributed by atoms with Gasteiger partial charge in [0.2, 0.25) is 0 Å². The van der Waals surface area contributed by atoms with Gasteiger partial charge in [-0.3, -0.25) is 4.90 Å². The molecule has 5 nitrogen and oxygen atoms in total. The van der Waals surface area contributed by atoms with Crippen LogP contribution < -0.4 is 5.73 Å². The zero-order chi connectivity index (χ0) is 17.2. The number of nitrogens with two attached hydrogens (primary N) is 1. The molecule has 1 aliphatic rings. The molecule has 2 heterocycles. The topological polar surface area (TPSA) is 64.3 Å². The number of para-hydroxylation sites is 1. The normalized spacial score (nSPS) is 18.5. The van der Waals surface area contributed by atoms with Crippen molar-refractivity contribution in [3.63, 3.8) is 0 Å². The van der Waals surface area contributed by atoms with E-state index >= 15 is 0 Å². The molecule has 1 unspecified atom stereocenters. The predicted octanol–water partition coefficient (Wildman–Crippen LogP) is 2.92. The maximum absolute atomic E-state index is 13.1. The number of morpholine rings is 1. The van der Waals surface area contributed by atoms with Crippen LogP contribution in [0.15, 0.2) is 48.5 Å². The van der Waals surface area contributed by atoms with E-state index in [1.165, 1.54) is 12.1 Å². The number of hydrogen-bond acceptors (Lipinski definition) is 5. The zero-order valence-electron chi connectivity index (χ0n) is 13.7. The number of benzene rings is 2. The first kappa shape index (κ1) is 15.9. The maximum atomic E-state index is 13.1. The molecule has 128 valence electrons. The average molecular weight is 338 g/mol. The fourth-order valence-electron chi connectivity index (χ4n) is 3.11. The summed E-state index contributed by atoms with van der Waals surface area (Å²) in [7, 11) is 0. The van der Waals surface area contributed by atoms with Gasteiger partial charge in [0, 0.05) is 25.0 Å². The van der Waals surface area contributed by atoms with E-state index in [0.717, 1.165) is 29.6 Å². The summed E-state index contributed by atoms with van der Waals surface area (Å²) in [5.41, 5.74) is 7.97. The van der Waals surface area contributed by atoms with Crippen LogP contribution >= 0.6 is 0 Å². The molecule has 1 atom stereocenters. The summed E-state index contributed by atoms with van der Waals surface area (Å²) < 4.78 is 18.9. The number of nitrogens with zero attached hydrogens (tertiary/aromatic N) is 3. The molecule has 2 N–H and O–H groups in total. The lowest BCUT2D eigenvalue weighted by Gasteiger charge is -2.32. The molecule has 1 saturated heterocycles. The molecule has 0 aliphatic carbocycles. The molecule has 1 aliphatic heterocycles. The van der Waals surface area contributed by atoms with E-state index < -0.39 is 0 Å². The van der Waals surface area contributed by atoms with E-state index in [1.807, 2.05) is 36.4 Å². The zero-order valence-corrected chi connectivity index (χ0v) is 13.7. The van der Waals surface area contributed by atoms with Crippen molar-refractivity contribution in [1.82, 2.24) is 14.9 Å². The molecule has 1 fully saturated rings. The third-order valence-electron chi connectivity index (χ3n) is 4.41. The average Bonchev–Trinajstić information content (AvgIpc) is 2.64. The van der Waals surface area contributed by atoms with Crippen LogP contribution in [0.4, 0.5) is 10.2 Å². The second-order valence-corrected chi connectivity index (χ2v) is 6.21. The molecule has 1 aromatic heterocycles. The Labute approximate surface area is 145 Å². The number of hydrogen-bond donors (Lipinski definition) is 1. The van der Waals surface area contributed by atoms with Gasteiger partial charge in [-0.05, 0) is 29.8 Å². The van der Waals surface area contributed by atoms with Crippen molar-refractivity contribution in [2.45, 2.75) is 12.6 Å². The highest BCUT2D eigenvalue weighted by molar-refractivity contribution is 5.87. The highest BCUT2D eigenvalue weighted by Gasteiger charge is 2.25.